The highest BCUT2D eigenvalue weighted by Crippen LogP contribution is 2.12. The topological polar surface area (TPSA) is 78.4 Å². The number of ether oxygens (including phenoxy) is 2. The molecule has 0 amide bonds. The summed E-state index contributed by atoms with van der Waals surface area (Å²) in [5.74, 6) is -0.729. The lowest BCUT2D eigenvalue weighted by Crippen LogP contribution is -2.03. The number of rotatable bonds is 4. The van der Waals surface area contributed by atoms with Gasteiger partial charge in [-0.15, -0.1) is 0 Å². The Balaban J connectivity index is 0.000000234. The summed E-state index contributed by atoms with van der Waals surface area (Å²) < 4.78 is 9.94. The van der Waals surface area contributed by atoms with Crippen molar-refractivity contribution in [1.29, 1.82) is 0 Å². The molecule has 0 aliphatic heterocycles. The molecule has 2 aromatic heterocycles. The van der Waals surface area contributed by atoms with E-state index < -0.39 is 0 Å². The van der Waals surface area contributed by atoms with Gasteiger partial charge in [-0.1, -0.05) is 29.8 Å². The summed E-state index contributed by atoms with van der Waals surface area (Å²) in [6, 6.07) is 11.8. The number of hydrogen-bond acceptors (Lipinski definition) is 6. The zero-order chi connectivity index (χ0) is 21.2. The van der Waals surface area contributed by atoms with Crippen LogP contribution >= 0.6 is 15.9 Å². The van der Waals surface area contributed by atoms with Gasteiger partial charge in [0.2, 0.25) is 0 Å². The number of methoxy groups -OCH3 is 2. The molecule has 0 radical (unpaired) electrons. The maximum atomic E-state index is 11.4. The molecule has 0 saturated heterocycles. The average Bonchev–Trinajstić information content (AvgIpc) is 2.73. The SMILES string of the molecule is COC(=O)c1cncc(Br)c1.COC(=O)c1cncc(Cc2cccc(C)c2)c1. The van der Waals surface area contributed by atoms with Gasteiger partial charge in [0.25, 0.3) is 0 Å². The van der Waals surface area contributed by atoms with Crippen molar-refractivity contribution in [3.63, 3.8) is 0 Å². The molecule has 29 heavy (non-hydrogen) atoms. The van der Waals surface area contributed by atoms with E-state index >= 15 is 0 Å². The molecule has 7 heteroatoms. The van der Waals surface area contributed by atoms with Crippen LogP contribution in [-0.2, 0) is 15.9 Å². The van der Waals surface area contributed by atoms with Crippen LogP contribution in [0.4, 0.5) is 0 Å². The second-order valence-electron chi connectivity index (χ2n) is 6.12. The number of carbonyl (C=O) groups is 2. The zero-order valence-corrected chi connectivity index (χ0v) is 18.0. The minimum atomic E-state index is -0.376. The van der Waals surface area contributed by atoms with Gasteiger partial charge in [0.1, 0.15) is 0 Å². The van der Waals surface area contributed by atoms with E-state index in [1.165, 1.54) is 37.7 Å². The van der Waals surface area contributed by atoms with Gasteiger partial charge in [0.05, 0.1) is 25.3 Å². The summed E-state index contributed by atoms with van der Waals surface area (Å²) in [6.45, 7) is 2.06. The van der Waals surface area contributed by atoms with Gasteiger partial charge in [0.15, 0.2) is 0 Å². The van der Waals surface area contributed by atoms with E-state index in [0.717, 1.165) is 16.5 Å². The Morgan fingerprint density at radius 1 is 0.862 bits per heavy atom. The average molecular weight is 457 g/mol. The first kappa shape index (κ1) is 22.2. The van der Waals surface area contributed by atoms with E-state index in [1.807, 2.05) is 12.1 Å². The molecule has 150 valence electrons. The molecule has 0 fully saturated rings. The van der Waals surface area contributed by atoms with Crippen LogP contribution < -0.4 is 0 Å². The molecule has 1 aromatic carbocycles. The highest BCUT2D eigenvalue weighted by Gasteiger charge is 2.07. The van der Waals surface area contributed by atoms with Crippen LogP contribution in [-0.4, -0.2) is 36.1 Å². The molecule has 0 atom stereocenters. The second-order valence-corrected chi connectivity index (χ2v) is 7.04. The third kappa shape index (κ3) is 7.12. The van der Waals surface area contributed by atoms with Crippen molar-refractivity contribution >= 4 is 27.9 Å². The minimum absolute atomic E-state index is 0.353. The van der Waals surface area contributed by atoms with Gasteiger partial charge in [-0.25, -0.2) is 9.59 Å². The number of halogens is 1. The Labute approximate surface area is 178 Å². The highest BCUT2D eigenvalue weighted by atomic mass is 79.9. The summed E-state index contributed by atoms with van der Waals surface area (Å²) in [7, 11) is 2.71. The molecule has 3 aromatic rings. The fourth-order valence-corrected chi connectivity index (χ4v) is 2.88. The van der Waals surface area contributed by atoms with Crippen LogP contribution in [0.1, 0.15) is 37.4 Å². The predicted molar refractivity (Wildman–Crippen MR) is 113 cm³/mol. The molecule has 0 spiro atoms. The normalized spacial score (nSPS) is 9.79. The Hall–Kier alpha value is -3.06. The number of esters is 2. The van der Waals surface area contributed by atoms with Crippen LogP contribution in [0.15, 0.2) is 65.7 Å². The van der Waals surface area contributed by atoms with Crippen LogP contribution in [0.3, 0.4) is 0 Å². The first-order valence-corrected chi connectivity index (χ1v) is 9.49. The lowest BCUT2D eigenvalue weighted by atomic mass is 10.0. The van der Waals surface area contributed by atoms with E-state index in [9.17, 15) is 9.59 Å². The third-order valence-electron chi connectivity index (χ3n) is 3.83. The zero-order valence-electron chi connectivity index (χ0n) is 16.4. The van der Waals surface area contributed by atoms with Crippen molar-refractivity contribution in [2.45, 2.75) is 13.3 Å². The first-order chi connectivity index (χ1) is 13.9. The monoisotopic (exact) mass is 456 g/mol. The van der Waals surface area contributed by atoms with E-state index in [4.69, 9.17) is 0 Å². The van der Waals surface area contributed by atoms with Crippen molar-refractivity contribution in [3.8, 4) is 0 Å². The molecule has 0 N–H and O–H groups in total. The molecule has 0 saturated carbocycles. The van der Waals surface area contributed by atoms with Crippen molar-refractivity contribution in [1.82, 2.24) is 9.97 Å². The van der Waals surface area contributed by atoms with E-state index in [1.54, 1.807) is 18.5 Å². The van der Waals surface area contributed by atoms with Crippen molar-refractivity contribution in [2.24, 2.45) is 0 Å². The second kappa shape index (κ2) is 11.1. The minimum Gasteiger partial charge on any atom is -0.465 e. The van der Waals surface area contributed by atoms with Gasteiger partial charge in [-0.05, 0) is 52.5 Å². The molecule has 3 rings (SSSR count). The summed E-state index contributed by atoms with van der Waals surface area (Å²) >= 11 is 3.19. The largest absolute Gasteiger partial charge is 0.465 e. The molecular formula is C22H21BrN2O4. The van der Waals surface area contributed by atoms with Crippen LogP contribution in [0.2, 0.25) is 0 Å². The molecule has 0 aliphatic carbocycles. The molecular weight excluding hydrogens is 436 g/mol. The number of benzene rings is 1. The lowest BCUT2D eigenvalue weighted by molar-refractivity contribution is 0.0591. The van der Waals surface area contributed by atoms with Gasteiger partial charge >= 0.3 is 11.9 Å². The Morgan fingerprint density at radius 2 is 1.48 bits per heavy atom. The van der Waals surface area contributed by atoms with Crippen molar-refractivity contribution < 1.29 is 19.1 Å². The Morgan fingerprint density at radius 3 is 2.07 bits per heavy atom. The van der Waals surface area contributed by atoms with Crippen LogP contribution in [0.5, 0.6) is 0 Å². The number of hydrogen-bond donors (Lipinski definition) is 0. The fourth-order valence-electron chi connectivity index (χ4n) is 2.51. The van der Waals surface area contributed by atoms with E-state index in [2.05, 4.69) is 60.5 Å². The smallest absolute Gasteiger partial charge is 0.339 e. The summed E-state index contributed by atoms with van der Waals surface area (Å²) in [4.78, 5) is 30.2. The quantitative estimate of drug-likeness (QED) is 0.541. The van der Waals surface area contributed by atoms with E-state index in [-0.39, 0.29) is 11.9 Å². The molecule has 0 unspecified atom stereocenters. The molecule has 6 nitrogen and oxygen atoms in total. The summed E-state index contributed by atoms with van der Waals surface area (Å²) in [5, 5.41) is 0. The molecule has 0 aliphatic rings. The van der Waals surface area contributed by atoms with E-state index in [0.29, 0.717) is 11.1 Å². The first-order valence-electron chi connectivity index (χ1n) is 8.69. The standard InChI is InChI=1S/C15H15NO2.C7H6BrNO2/c1-11-4-3-5-12(6-11)7-13-8-14(10-16-9-13)15(17)18-2;1-11-7(10)5-2-6(8)4-9-3-5/h3-6,8-10H,7H2,1-2H3;2-4H,1H3. The summed E-state index contributed by atoms with van der Waals surface area (Å²) in [5.41, 5.74) is 4.37. The summed E-state index contributed by atoms with van der Waals surface area (Å²) in [6.07, 6.45) is 7.11. The van der Waals surface area contributed by atoms with Gasteiger partial charge in [0, 0.05) is 29.3 Å². The number of carbonyl (C=O) groups excluding carboxylic acids is 2. The highest BCUT2D eigenvalue weighted by molar-refractivity contribution is 9.10. The van der Waals surface area contributed by atoms with Gasteiger partial charge in [-0.2, -0.15) is 0 Å². The lowest BCUT2D eigenvalue weighted by Gasteiger charge is -2.04. The number of aryl methyl sites for hydroxylation is 1. The van der Waals surface area contributed by atoms with Crippen molar-refractivity contribution in [2.75, 3.05) is 14.2 Å². The fraction of sp³-hybridized carbons (Fsp3) is 0.182. The van der Waals surface area contributed by atoms with Crippen molar-refractivity contribution in [3.05, 3.63) is 93.5 Å². The van der Waals surface area contributed by atoms with Gasteiger partial charge < -0.3 is 9.47 Å². The number of aromatic nitrogens is 2. The number of nitrogens with zero attached hydrogens (tertiary/aromatic N) is 2. The third-order valence-corrected chi connectivity index (χ3v) is 4.27. The molecule has 0 bridgehead atoms. The van der Waals surface area contributed by atoms with Crippen LogP contribution in [0.25, 0.3) is 0 Å². The number of pyridine rings is 2. The van der Waals surface area contributed by atoms with Crippen LogP contribution in [0, 0.1) is 6.92 Å². The maximum Gasteiger partial charge on any atom is 0.339 e. The predicted octanol–water partition coefficient (Wildman–Crippen LogP) is 4.40. The Kier molecular flexibility index (Phi) is 8.48. The molecule has 2 heterocycles. The Bertz CT molecular complexity index is 992. The van der Waals surface area contributed by atoms with Gasteiger partial charge in [-0.3, -0.25) is 9.97 Å². The maximum absolute atomic E-state index is 11.4.